The van der Waals surface area contributed by atoms with Crippen LogP contribution >= 0.6 is 0 Å². The Balaban J connectivity index is 0.000000322. The van der Waals surface area contributed by atoms with Crippen molar-refractivity contribution < 1.29 is 12.0 Å². The third-order valence-corrected chi connectivity index (χ3v) is 8.89. The average Bonchev–Trinajstić information content (AvgIpc) is 3.39. The second-order valence-electron chi connectivity index (χ2n) is 12.4. The zero-order valence-corrected chi connectivity index (χ0v) is 25.5. The van der Waals surface area contributed by atoms with E-state index in [0.717, 1.165) is 69.3 Å². The van der Waals surface area contributed by atoms with Gasteiger partial charge in [0.2, 0.25) is 0 Å². The van der Waals surface area contributed by atoms with Gasteiger partial charge in [-0.25, -0.2) is 4.39 Å². The molecule has 1 aromatic heterocycles. The number of halogens is 1. The number of aromatic amines is 1. The van der Waals surface area contributed by atoms with Gasteiger partial charge in [0, 0.05) is 50.7 Å². The fourth-order valence-electron chi connectivity index (χ4n) is 6.19. The zero-order chi connectivity index (χ0) is 29.5. The van der Waals surface area contributed by atoms with Crippen molar-refractivity contribution in [3.05, 3.63) is 106 Å². The van der Waals surface area contributed by atoms with E-state index in [2.05, 4.69) is 64.6 Å². The predicted octanol–water partition coefficient (Wildman–Crippen LogP) is 8.43. The molecule has 0 unspecified atom stereocenters. The van der Waals surface area contributed by atoms with Crippen molar-refractivity contribution in [1.29, 1.82) is 0 Å². The lowest BCUT2D eigenvalue weighted by Crippen LogP contribution is -2.45. The molecule has 4 aromatic rings. The molecule has 3 aromatic carbocycles. The lowest BCUT2D eigenvalue weighted by molar-refractivity contribution is 0.0911. The molecule has 4 nitrogen and oxygen atoms in total. The minimum atomic E-state index is -1.22. The van der Waals surface area contributed by atoms with Gasteiger partial charge in [-0.05, 0) is 106 Å². The minimum absolute atomic E-state index is 0. The highest BCUT2D eigenvalue weighted by atomic mass is 19.1. The highest BCUT2D eigenvalue weighted by Crippen LogP contribution is 2.30. The standard InChI is InChI=1S/C26H31N3O.C11H15F.2H2/c30-26(20-10-11-25-23(18-20)22-8-4-5-9-24(22)28-25)27-21-13-16-29(17-14-21)15-12-19-6-2-1-3-7-19;1-4-9-5-7-10(8-6-9)11(2,3)12;;/h1-3,6-7,10-11,18,21,28H,4-5,8-9,12-17H2,(H,27,30);5-8H,4H2,1-3H3;2*1H. The number of fused-ring (bicyclic) bond motifs is 3. The van der Waals surface area contributed by atoms with E-state index in [1.165, 1.54) is 46.1 Å². The van der Waals surface area contributed by atoms with E-state index >= 15 is 0 Å². The second-order valence-corrected chi connectivity index (χ2v) is 12.4. The fourth-order valence-corrected chi connectivity index (χ4v) is 6.19. The molecule has 2 aliphatic rings. The van der Waals surface area contributed by atoms with Crippen LogP contribution in [0, 0.1) is 0 Å². The summed E-state index contributed by atoms with van der Waals surface area (Å²) in [6.45, 7) is 8.46. The summed E-state index contributed by atoms with van der Waals surface area (Å²) in [6, 6.07) is 24.8. The molecule has 6 rings (SSSR count). The highest BCUT2D eigenvalue weighted by molar-refractivity contribution is 5.99. The fraction of sp³-hybridized carbons (Fsp3) is 0.432. The average molecular weight is 572 g/mol. The van der Waals surface area contributed by atoms with E-state index in [-0.39, 0.29) is 14.8 Å². The number of benzene rings is 3. The molecular weight excluding hydrogens is 521 g/mol. The van der Waals surface area contributed by atoms with Crippen LogP contribution in [0.1, 0.15) is 87.6 Å². The summed E-state index contributed by atoms with van der Waals surface area (Å²) in [5, 5.41) is 4.53. The van der Waals surface area contributed by atoms with Gasteiger partial charge in [0.25, 0.3) is 5.91 Å². The molecule has 2 heterocycles. The maximum absolute atomic E-state index is 13.4. The number of aryl methyl sites for hydroxylation is 3. The molecule has 1 saturated heterocycles. The van der Waals surface area contributed by atoms with E-state index < -0.39 is 5.67 Å². The predicted molar refractivity (Wildman–Crippen MR) is 176 cm³/mol. The number of H-pyrrole nitrogens is 1. The molecule has 42 heavy (non-hydrogen) atoms. The number of piperidine rings is 1. The number of carbonyl (C=O) groups is 1. The number of rotatable bonds is 7. The van der Waals surface area contributed by atoms with Crippen molar-refractivity contribution in [2.75, 3.05) is 19.6 Å². The first kappa shape index (κ1) is 30.0. The van der Waals surface area contributed by atoms with Crippen molar-refractivity contribution in [2.24, 2.45) is 0 Å². The van der Waals surface area contributed by atoms with Gasteiger partial charge in [0.1, 0.15) is 5.67 Å². The first-order chi connectivity index (χ1) is 20.3. The molecule has 226 valence electrons. The topological polar surface area (TPSA) is 48.1 Å². The molecule has 0 spiro atoms. The summed E-state index contributed by atoms with van der Waals surface area (Å²) in [6.07, 6.45) is 8.93. The van der Waals surface area contributed by atoms with E-state index in [1.807, 2.05) is 30.3 Å². The maximum Gasteiger partial charge on any atom is 0.251 e. The zero-order valence-electron chi connectivity index (χ0n) is 25.5. The Morgan fingerprint density at radius 3 is 2.38 bits per heavy atom. The smallest absolute Gasteiger partial charge is 0.251 e. The number of aromatic nitrogens is 1. The number of nitrogens with one attached hydrogen (secondary N) is 2. The Hall–Kier alpha value is -3.44. The lowest BCUT2D eigenvalue weighted by atomic mass is 9.95. The molecule has 1 amide bonds. The van der Waals surface area contributed by atoms with Crippen LogP contribution < -0.4 is 5.32 Å². The van der Waals surface area contributed by atoms with Gasteiger partial charge in [-0.1, -0.05) is 61.5 Å². The van der Waals surface area contributed by atoms with Gasteiger partial charge in [-0.2, -0.15) is 0 Å². The Kier molecular flexibility index (Phi) is 9.79. The van der Waals surface area contributed by atoms with Crippen molar-refractivity contribution in [3.63, 3.8) is 0 Å². The molecule has 0 atom stereocenters. The molecule has 0 radical (unpaired) electrons. The van der Waals surface area contributed by atoms with Crippen LogP contribution in [0.25, 0.3) is 10.9 Å². The highest BCUT2D eigenvalue weighted by Gasteiger charge is 2.22. The summed E-state index contributed by atoms with van der Waals surface area (Å²) in [5.74, 6) is 0.0744. The van der Waals surface area contributed by atoms with Crippen molar-refractivity contribution in [2.45, 2.75) is 83.8 Å². The maximum atomic E-state index is 13.4. The van der Waals surface area contributed by atoms with Crippen LogP contribution in [0.5, 0.6) is 0 Å². The first-order valence-electron chi connectivity index (χ1n) is 15.8. The summed E-state index contributed by atoms with van der Waals surface area (Å²) in [5.41, 5.74) is 6.95. The SMILES string of the molecule is CCc1ccc(C(C)(C)F)cc1.O=C(NC1CCN(CCc2ccccc2)CC1)c1ccc2[nH]c3c(c2c1)CCCC3.[HH].[HH]. The normalized spacial score (nSPS) is 16.0. The third kappa shape index (κ3) is 7.69. The summed E-state index contributed by atoms with van der Waals surface area (Å²) >= 11 is 0. The summed E-state index contributed by atoms with van der Waals surface area (Å²) < 4.78 is 13.4. The third-order valence-electron chi connectivity index (χ3n) is 8.89. The van der Waals surface area contributed by atoms with Gasteiger partial charge in [0.15, 0.2) is 0 Å². The van der Waals surface area contributed by atoms with Crippen LogP contribution in [-0.4, -0.2) is 41.5 Å². The Morgan fingerprint density at radius 1 is 0.976 bits per heavy atom. The molecule has 2 N–H and O–H groups in total. The molecular formula is C37H50FN3O. The van der Waals surface area contributed by atoms with E-state index in [0.29, 0.717) is 0 Å². The van der Waals surface area contributed by atoms with E-state index in [9.17, 15) is 9.18 Å². The summed E-state index contributed by atoms with van der Waals surface area (Å²) in [4.78, 5) is 19.0. The van der Waals surface area contributed by atoms with E-state index in [1.54, 1.807) is 13.8 Å². The van der Waals surface area contributed by atoms with Crippen molar-refractivity contribution in [1.82, 2.24) is 15.2 Å². The minimum Gasteiger partial charge on any atom is -0.358 e. The Morgan fingerprint density at radius 2 is 1.69 bits per heavy atom. The number of amides is 1. The van der Waals surface area contributed by atoms with Crippen LogP contribution in [0.4, 0.5) is 4.39 Å². The van der Waals surface area contributed by atoms with Gasteiger partial charge in [0.05, 0.1) is 0 Å². The van der Waals surface area contributed by atoms with Gasteiger partial charge >= 0.3 is 0 Å². The van der Waals surface area contributed by atoms with E-state index in [4.69, 9.17) is 0 Å². The number of nitrogens with zero attached hydrogens (tertiary/aromatic N) is 1. The second kappa shape index (κ2) is 13.7. The largest absolute Gasteiger partial charge is 0.358 e. The monoisotopic (exact) mass is 571 g/mol. The van der Waals surface area contributed by atoms with Crippen LogP contribution in [-0.2, 0) is 31.4 Å². The van der Waals surface area contributed by atoms with Crippen molar-refractivity contribution >= 4 is 16.8 Å². The summed E-state index contributed by atoms with van der Waals surface area (Å²) in [7, 11) is 0. The number of alkyl halides is 1. The van der Waals surface area contributed by atoms with Crippen LogP contribution in [0.15, 0.2) is 72.8 Å². The molecule has 0 saturated carbocycles. The van der Waals surface area contributed by atoms with Gasteiger partial charge in [-0.15, -0.1) is 0 Å². The Bertz CT molecular complexity index is 1460. The molecule has 1 fully saturated rings. The van der Waals surface area contributed by atoms with Crippen molar-refractivity contribution in [3.8, 4) is 0 Å². The number of hydrogen-bond donors (Lipinski definition) is 2. The van der Waals surface area contributed by atoms with Gasteiger partial charge < -0.3 is 15.2 Å². The number of carbonyl (C=O) groups excluding carboxylic acids is 1. The molecule has 5 heteroatoms. The molecule has 1 aliphatic heterocycles. The molecule has 1 aliphatic carbocycles. The van der Waals surface area contributed by atoms with Gasteiger partial charge in [-0.3, -0.25) is 4.79 Å². The quantitative estimate of drug-likeness (QED) is 0.234. The molecule has 0 bridgehead atoms. The van der Waals surface area contributed by atoms with Crippen LogP contribution in [0.3, 0.4) is 0 Å². The Labute approximate surface area is 253 Å². The number of likely N-dealkylation sites (tertiary alicyclic amines) is 1. The van der Waals surface area contributed by atoms with Crippen LogP contribution in [0.2, 0.25) is 0 Å². The first-order valence-corrected chi connectivity index (χ1v) is 15.8. The number of hydrogen-bond acceptors (Lipinski definition) is 2. The lowest BCUT2D eigenvalue weighted by Gasteiger charge is -2.32.